The Hall–Kier alpha value is -1.90. The molecule has 0 aliphatic carbocycles. The molecule has 0 atom stereocenters. The summed E-state index contributed by atoms with van der Waals surface area (Å²) in [6, 6.07) is 0. The zero-order valence-corrected chi connectivity index (χ0v) is 10.4. The summed E-state index contributed by atoms with van der Waals surface area (Å²) in [6.45, 7) is -1.06. The first-order valence-corrected chi connectivity index (χ1v) is 5.45. The number of aryl methyl sites for hydroxylation is 1. The monoisotopic (exact) mass is 274 g/mol. The number of nitrogen functional groups attached to an aromatic ring is 1. The Morgan fingerprint density at radius 1 is 1.37 bits per heavy atom. The summed E-state index contributed by atoms with van der Waals surface area (Å²) in [5.41, 5.74) is 6.23. The summed E-state index contributed by atoms with van der Waals surface area (Å²) in [6.07, 6.45) is -2.73. The number of fused-ring (bicyclic) bond motifs is 1. The first kappa shape index (κ1) is 13.5. The van der Waals surface area contributed by atoms with Gasteiger partial charge in [-0.3, -0.25) is 9.58 Å². The minimum absolute atomic E-state index is 0.0369. The highest BCUT2D eigenvalue weighted by Crippen LogP contribution is 2.19. The molecule has 2 N–H and O–H groups in total. The molecule has 6 nitrogen and oxygen atoms in total. The first-order chi connectivity index (χ1) is 8.76. The lowest BCUT2D eigenvalue weighted by molar-refractivity contribution is -0.144. The molecule has 2 rings (SSSR count). The molecule has 0 fully saturated rings. The summed E-state index contributed by atoms with van der Waals surface area (Å²) in [5.74, 6) is 0.453. The van der Waals surface area contributed by atoms with E-state index in [4.69, 9.17) is 5.73 Å². The van der Waals surface area contributed by atoms with E-state index in [0.29, 0.717) is 11.0 Å². The van der Waals surface area contributed by atoms with Gasteiger partial charge in [0.1, 0.15) is 11.6 Å². The van der Waals surface area contributed by atoms with Crippen molar-refractivity contribution >= 4 is 16.9 Å². The van der Waals surface area contributed by atoms with Crippen molar-refractivity contribution in [2.24, 2.45) is 7.05 Å². The minimum Gasteiger partial charge on any atom is -0.383 e. The molecule has 0 aromatic carbocycles. The molecule has 2 aromatic heterocycles. The summed E-state index contributed by atoms with van der Waals surface area (Å²) < 4.78 is 38.2. The van der Waals surface area contributed by atoms with Crippen molar-refractivity contribution in [3.05, 3.63) is 12.0 Å². The van der Waals surface area contributed by atoms with Gasteiger partial charge in [0.25, 0.3) is 0 Å². The average molecular weight is 274 g/mol. The van der Waals surface area contributed by atoms with Crippen molar-refractivity contribution in [2.75, 3.05) is 19.3 Å². The van der Waals surface area contributed by atoms with Crippen molar-refractivity contribution in [3.8, 4) is 0 Å². The lowest BCUT2D eigenvalue weighted by Gasteiger charge is -2.17. The second-order valence-electron chi connectivity index (χ2n) is 4.32. The quantitative estimate of drug-likeness (QED) is 0.901. The van der Waals surface area contributed by atoms with E-state index in [-0.39, 0.29) is 18.2 Å². The Bertz CT molecular complexity index is 591. The molecule has 2 aromatic rings. The number of hydrogen-bond acceptors (Lipinski definition) is 5. The Morgan fingerprint density at radius 2 is 2.05 bits per heavy atom. The largest absolute Gasteiger partial charge is 0.401 e. The minimum atomic E-state index is -4.25. The van der Waals surface area contributed by atoms with Gasteiger partial charge in [-0.15, -0.1) is 0 Å². The molecule has 0 aliphatic rings. The van der Waals surface area contributed by atoms with Gasteiger partial charge in [-0.1, -0.05) is 0 Å². The van der Waals surface area contributed by atoms with Crippen molar-refractivity contribution in [1.29, 1.82) is 0 Å². The standard InChI is InChI=1S/C10H13F3N6/c1-18(5-10(11,12)13)4-7-16-8(14)6-3-15-19(2)9(6)17-7/h3H,4-5H2,1-2H3,(H2,14,16,17). The number of alkyl halides is 3. The highest BCUT2D eigenvalue weighted by molar-refractivity contribution is 5.84. The van der Waals surface area contributed by atoms with E-state index in [1.807, 2.05) is 0 Å². The molecule has 0 unspecified atom stereocenters. The van der Waals surface area contributed by atoms with Gasteiger partial charge < -0.3 is 5.73 Å². The highest BCUT2D eigenvalue weighted by atomic mass is 19.4. The third-order valence-corrected chi connectivity index (χ3v) is 2.53. The molecule has 0 amide bonds. The van der Waals surface area contributed by atoms with Crippen LogP contribution >= 0.6 is 0 Å². The Balaban J connectivity index is 2.23. The van der Waals surface area contributed by atoms with Crippen molar-refractivity contribution < 1.29 is 13.2 Å². The fourth-order valence-corrected chi connectivity index (χ4v) is 1.76. The van der Waals surface area contributed by atoms with E-state index in [9.17, 15) is 13.2 Å². The predicted molar refractivity (Wildman–Crippen MR) is 63.1 cm³/mol. The van der Waals surface area contributed by atoms with Crippen LogP contribution in [0.3, 0.4) is 0 Å². The van der Waals surface area contributed by atoms with E-state index in [1.54, 1.807) is 7.05 Å². The fraction of sp³-hybridized carbons (Fsp3) is 0.500. The normalized spacial score (nSPS) is 12.5. The predicted octanol–water partition coefficient (Wildman–Crippen LogP) is 0.940. The van der Waals surface area contributed by atoms with Gasteiger partial charge in [-0.25, -0.2) is 9.97 Å². The van der Waals surface area contributed by atoms with E-state index < -0.39 is 12.7 Å². The number of nitrogens with zero attached hydrogens (tertiary/aromatic N) is 5. The van der Waals surface area contributed by atoms with E-state index in [1.165, 1.54) is 17.9 Å². The maximum Gasteiger partial charge on any atom is 0.401 e. The maximum atomic E-state index is 12.2. The fourth-order valence-electron chi connectivity index (χ4n) is 1.76. The zero-order chi connectivity index (χ0) is 14.2. The van der Waals surface area contributed by atoms with E-state index >= 15 is 0 Å². The summed E-state index contributed by atoms with van der Waals surface area (Å²) >= 11 is 0. The third-order valence-electron chi connectivity index (χ3n) is 2.53. The average Bonchev–Trinajstić information content (AvgIpc) is 2.58. The van der Waals surface area contributed by atoms with Crippen molar-refractivity contribution in [3.63, 3.8) is 0 Å². The molecule has 0 saturated carbocycles. The lowest BCUT2D eigenvalue weighted by atomic mass is 10.4. The van der Waals surface area contributed by atoms with Crippen LogP contribution in [0, 0.1) is 0 Å². The van der Waals surface area contributed by atoms with Crippen LogP contribution < -0.4 is 5.73 Å². The Kier molecular flexibility index (Phi) is 3.31. The highest BCUT2D eigenvalue weighted by Gasteiger charge is 2.29. The summed E-state index contributed by atoms with van der Waals surface area (Å²) in [4.78, 5) is 9.24. The number of hydrogen-bond donors (Lipinski definition) is 1. The first-order valence-electron chi connectivity index (χ1n) is 5.45. The summed E-state index contributed by atoms with van der Waals surface area (Å²) in [7, 11) is 3.03. The van der Waals surface area contributed by atoms with Crippen LogP contribution in [0.4, 0.5) is 19.0 Å². The number of aromatic nitrogens is 4. The lowest BCUT2D eigenvalue weighted by Crippen LogP contribution is -2.31. The SMILES string of the molecule is CN(Cc1nc(N)c2cnn(C)c2n1)CC(F)(F)F. The Labute approximate surface area is 107 Å². The molecule has 2 heterocycles. The van der Waals surface area contributed by atoms with Gasteiger partial charge in [0.15, 0.2) is 5.65 Å². The van der Waals surface area contributed by atoms with Crippen LogP contribution in [0.25, 0.3) is 11.0 Å². The van der Waals surface area contributed by atoms with Crippen LogP contribution in [0.1, 0.15) is 5.82 Å². The van der Waals surface area contributed by atoms with Crippen LogP contribution in [0.2, 0.25) is 0 Å². The molecular formula is C10H13F3N6. The maximum absolute atomic E-state index is 12.2. The topological polar surface area (TPSA) is 72.9 Å². The van der Waals surface area contributed by atoms with Crippen LogP contribution in [-0.4, -0.2) is 44.4 Å². The van der Waals surface area contributed by atoms with Gasteiger partial charge in [-0.2, -0.15) is 18.3 Å². The molecule has 9 heteroatoms. The number of nitrogens with two attached hydrogens (primary N) is 1. The third kappa shape index (κ3) is 3.11. The Morgan fingerprint density at radius 3 is 2.68 bits per heavy atom. The molecule has 19 heavy (non-hydrogen) atoms. The van der Waals surface area contributed by atoms with Gasteiger partial charge >= 0.3 is 6.18 Å². The second-order valence-corrected chi connectivity index (χ2v) is 4.32. The van der Waals surface area contributed by atoms with Gasteiger partial charge in [0.05, 0.1) is 24.7 Å². The summed E-state index contributed by atoms with van der Waals surface area (Å²) in [5, 5.41) is 4.56. The molecule has 0 bridgehead atoms. The van der Waals surface area contributed by atoms with E-state index in [2.05, 4.69) is 15.1 Å². The van der Waals surface area contributed by atoms with Crippen LogP contribution in [-0.2, 0) is 13.6 Å². The number of rotatable bonds is 3. The van der Waals surface area contributed by atoms with Gasteiger partial charge in [0.2, 0.25) is 0 Å². The second kappa shape index (κ2) is 4.65. The van der Waals surface area contributed by atoms with Crippen molar-refractivity contribution in [1.82, 2.24) is 24.6 Å². The molecule has 0 saturated heterocycles. The zero-order valence-electron chi connectivity index (χ0n) is 10.4. The molecule has 0 spiro atoms. The number of anilines is 1. The molecule has 0 radical (unpaired) electrons. The molecule has 0 aliphatic heterocycles. The van der Waals surface area contributed by atoms with E-state index in [0.717, 1.165) is 4.90 Å². The number of halogens is 3. The van der Waals surface area contributed by atoms with Crippen LogP contribution in [0.5, 0.6) is 0 Å². The van der Waals surface area contributed by atoms with Crippen molar-refractivity contribution in [2.45, 2.75) is 12.7 Å². The molecule has 104 valence electrons. The van der Waals surface area contributed by atoms with Gasteiger partial charge in [0, 0.05) is 7.05 Å². The van der Waals surface area contributed by atoms with Gasteiger partial charge in [-0.05, 0) is 7.05 Å². The van der Waals surface area contributed by atoms with Crippen LogP contribution in [0.15, 0.2) is 6.20 Å². The smallest absolute Gasteiger partial charge is 0.383 e. The molecular weight excluding hydrogens is 261 g/mol.